The standard InChI is InChI=1S/C23H23FO5/c1-4-29-23(26)21-18(17-6-5-7-20(27-2)22(17)28-3)12-15(13-19(21)25)14-8-10-16(24)11-9-14/h5-11,13,18,21H,4,12H2,1-3H3/t18-,21-/m0/s1. The third-order valence-electron chi connectivity index (χ3n) is 5.05. The van der Waals surface area contributed by atoms with E-state index in [1.165, 1.54) is 32.4 Å². The van der Waals surface area contributed by atoms with Crippen molar-refractivity contribution in [3.05, 3.63) is 65.5 Å². The van der Waals surface area contributed by atoms with Gasteiger partial charge in [-0.3, -0.25) is 9.59 Å². The summed E-state index contributed by atoms with van der Waals surface area (Å²) in [5.74, 6) is -1.77. The van der Waals surface area contributed by atoms with Crippen LogP contribution in [0.25, 0.3) is 5.57 Å². The number of para-hydroxylation sites is 1. The zero-order chi connectivity index (χ0) is 21.0. The Kier molecular flexibility index (Phi) is 6.32. The van der Waals surface area contributed by atoms with Crippen molar-refractivity contribution in [2.24, 2.45) is 5.92 Å². The van der Waals surface area contributed by atoms with E-state index in [-0.39, 0.29) is 18.2 Å². The minimum absolute atomic E-state index is 0.180. The topological polar surface area (TPSA) is 61.8 Å². The van der Waals surface area contributed by atoms with E-state index >= 15 is 0 Å². The average Bonchev–Trinajstić information content (AvgIpc) is 2.73. The van der Waals surface area contributed by atoms with E-state index in [4.69, 9.17) is 14.2 Å². The highest BCUT2D eigenvalue weighted by atomic mass is 19.1. The van der Waals surface area contributed by atoms with Crippen LogP contribution in [0.4, 0.5) is 4.39 Å². The van der Waals surface area contributed by atoms with Crippen LogP contribution in [0, 0.1) is 11.7 Å². The van der Waals surface area contributed by atoms with Gasteiger partial charge < -0.3 is 14.2 Å². The maximum atomic E-state index is 13.3. The molecule has 6 heteroatoms. The van der Waals surface area contributed by atoms with Gasteiger partial charge in [0.2, 0.25) is 0 Å². The Balaban J connectivity index is 2.10. The molecule has 0 heterocycles. The first kappa shape index (κ1) is 20.6. The fourth-order valence-electron chi connectivity index (χ4n) is 3.74. The van der Waals surface area contributed by atoms with Gasteiger partial charge in [-0.25, -0.2) is 4.39 Å². The van der Waals surface area contributed by atoms with E-state index < -0.39 is 17.8 Å². The lowest BCUT2D eigenvalue weighted by molar-refractivity contribution is -0.151. The number of methoxy groups -OCH3 is 2. The highest BCUT2D eigenvalue weighted by Crippen LogP contribution is 2.45. The largest absolute Gasteiger partial charge is 0.493 e. The highest BCUT2D eigenvalue weighted by Gasteiger charge is 2.41. The Labute approximate surface area is 169 Å². The molecule has 2 aromatic carbocycles. The first-order valence-electron chi connectivity index (χ1n) is 9.38. The summed E-state index contributed by atoms with van der Waals surface area (Å²) >= 11 is 0. The number of carbonyl (C=O) groups excluding carboxylic acids is 2. The molecule has 0 radical (unpaired) electrons. The predicted molar refractivity (Wildman–Crippen MR) is 106 cm³/mol. The normalized spacial score (nSPS) is 18.8. The minimum Gasteiger partial charge on any atom is -0.493 e. The van der Waals surface area contributed by atoms with E-state index in [1.807, 2.05) is 6.07 Å². The van der Waals surface area contributed by atoms with Crippen LogP contribution in [-0.4, -0.2) is 32.6 Å². The van der Waals surface area contributed by atoms with Gasteiger partial charge in [0.1, 0.15) is 11.7 Å². The molecular weight excluding hydrogens is 375 g/mol. The van der Waals surface area contributed by atoms with Crippen LogP contribution in [0.2, 0.25) is 0 Å². The van der Waals surface area contributed by atoms with Crippen molar-refractivity contribution in [2.45, 2.75) is 19.3 Å². The van der Waals surface area contributed by atoms with Crippen LogP contribution in [0.15, 0.2) is 48.5 Å². The van der Waals surface area contributed by atoms with Crippen LogP contribution in [0.3, 0.4) is 0 Å². The van der Waals surface area contributed by atoms with E-state index in [2.05, 4.69) is 0 Å². The number of ether oxygens (including phenoxy) is 3. The van der Waals surface area contributed by atoms with Crippen LogP contribution in [0.1, 0.15) is 30.4 Å². The molecule has 2 aromatic rings. The van der Waals surface area contributed by atoms with Crippen molar-refractivity contribution in [1.82, 2.24) is 0 Å². The van der Waals surface area contributed by atoms with Gasteiger partial charge in [-0.1, -0.05) is 24.3 Å². The summed E-state index contributed by atoms with van der Waals surface area (Å²) in [6.45, 7) is 1.88. The van der Waals surface area contributed by atoms with Gasteiger partial charge in [-0.2, -0.15) is 0 Å². The molecule has 5 nitrogen and oxygen atoms in total. The van der Waals surface area contributed by atoms with E-state index in [0.29, 0.717) is 23.5 Å². The van der Waals surface area contributed by atoms with E-state index in [9.17, 15) is 14.0 Å². The van der Waals surface area contributed by atoms with Crippen molar-refractivity contribution in [1.29, 1.82) is 0 Å². The monoisotopic (exact) mass is 398 g/mol. The molecule has 0 unspecified atom stereocenters. The van der Waals surface area contributed by atoms with Gasteiger partial charge in [-0.15, -0.1) is 0 Å². The van der Waals surface area contributed by atoms with Crippen LogP contribution >= 0.6 is 0 Å². The Hall–Kier alpha value is -3.15. The number of benzene rings is 2. The molecule has 3 rings (SSSR count). The number of carbonyl (C=O) groups is 2. The summed E-state index contributed by atoms with van der Waals surface area (Å²) in [5.41, 5.74) is 2.14. The number of ketones is 1. The number of hydrogen-bond donors (Lipinski definition) is 0. The summed E-state index contributed by atoms with van der Waals surface area (Å²) in [7, 11) is 3.04. The minimum atomic E-state index is -0.986. The molecule has 2 atom stereocenters. The molecule has 0 fully saturated rings. The lowest BCUT2D eigenvalue weighted by Gasteiger charge is -2.30. The third-order valence-corrected chi connectivity index (χ3v) is 5.05. The van der Waals surface area contributed by atoms with Crippen LogP contribution in [-0.2, 0) is 14.3 Å². The van der Waals surface area contributed by atoms with E-state index in [0.717, 1.165) is 11.1 Å². The number of esters is 1. The Morgan fingerprint density at radius 1 is 1.10 bits per heavy atom. The Morgan fingerprint density at radius 3 is 2.45 bits per heavy atom. The van der Waals surface area contributed by atoms with E-state index in [1.54, 1.807) is 31.2 Å². The first-order valence-corrected chi connectivity index (χ1v) is 9.38. The molecule has 0 aliphatic heterocycles. The number of hydrogen-bond acceptors (Lipinski definition) is 5. The number of rotatable bonds is 6. The molecule has 0 spiro atoms. The lowest BCUT2D eigenvalue weighted by atomic mass is 9.73. The van der Waals surface area contributed by atoms with Crippen molar-refractivity contribution >= 4 is 17.3 Å². The van der Waals surface area contributed by atoms with Crippen LogP contribution < -0.4 is 9.47 Å². The fourth-order valence-corrected chi connectivity index (χ4v) is 3.74. The van der Waals surface area contributed by atoms with Gasteiger partial charge in [0.25, 0.3) is 0 Å². The average molecular weight is 398 g/mol. The first-order chi connectivity index (χ1) is 14.0. The molecule has 152 valence electrons. The number of allylic oxidation sites excluding steroid dienone is 2. The zero-order valence-corrected chi connectivity index (χ0v) is 16.6. The zero-order valence-electron chi connectivity index (χ0n) is 16.6. The summed E-state index contributed by atoms with van der Waals surface area (Å²) in [6.07, 6.45) is 1.85. The van der Waals surface area contributed by atoms with Crippen LogP contribution in [0.5, 0.6) is 11.5 Å². The molecule has 0 N–H and O–H groups in total. The van der Waals surface area contributed by atoms with Crippen molar-refractivity contribution in [3.8, 4) is 11.5 Å². The number of halogens is 1. The SMILES string of the molecule is CCOC(=O)[C@@H]1C(=O)C=C(c2ccc(F)cc2)C[C@H]1c1cccc(OC)c1OC. The molecule has 29 heavy (non-hydrogen) atoms. The second-order valence-corrected chi connectivity index (χ2v) is 6.70. The smallest absolute Gasteiger partial charge is 0.317 e. The quantitative estimate of drug-likeness (QED) is 0.540. The lowest BCUT2D eigenvalue weighted by Crippen LogP contribution is -2.34. The van der Waals surface area contributed by atoms with Gasteiger partial charge >= 0.3 is 5.97 Å². The predicted octanol–water partition coefficient (Wildman–Crippen LogP) is 4.16. The molecule has 0 saturated heterocycles. The second kappa shape index (κ2) is 8.90. The summed E-state index contributed by atoms with van der Waals surface area (Å²) in [4.78, 5) is 25.6. The molecule has 0 saturated carbocycles. The Bertz CT molecular complexity index is 933. The fraction of sp³-hybridized carbons (Fsp3) is 0.304. The van der Waals surface area contributed by atoms with Crippen molar-refractivity contribution in [2.75, 3.05) is 20.8 Å². The van der Waals surface area contributed by atoms with Gasteiger partial charge in [0.05, 0.1) is 20.8 Å². The van der Waals surface area contributed by atoms with Crippen molar-refractivity contribution < 1.29 is 28.2 Å². The summed E-state index contributed by atoms with van der Waals surface area (Å²) < 4.78 is 29.4. The van der Waals surface area contributed by atoms with Gasteiger partial charge in [0.15, 0.2) is 17.3 Å². The van der Waals surface area contributed by atoms with Crippen molar-refractivity contribution in [3.63, 3.8) is 0 Å². The maximum Gasteiger partial charge on any atom is 0.317 e. The summed E-state index contributed by atoms with van der Waals surface area (Å²) in [6, 6.07) is 11.3. The highest BCUT2D eigenvalue weighted by molar-refractivity contribution is 6.10. The molecule has 1 aliphatic carbocycles. The summed E-state index contributed by atoms with van der Waals surface area (Å²) in [5, 5.41) is 0. The maximum absolute atomic E-state index is 13.3. The van der Waals surface area contributed by atoms with Gasteiger partial charge in [-0.05, 0) is 48.8 Å². The molecule has 1 aliphatic rings. The van der Waals surface area contributed by atoms with Gasteiger partial charge in [0, 0.05) is 11.5 Å². The molecular formula is C23H23FO5. The molecule has 0 aromatic heterocycles. The third kappa shape index (κ3) is 4.16. The Morgan fingerprint density at radius 2 is 1.83 bits per heavy atom. The second-order valence-electron chi connectivity index (χ2n) is 6.70. The molecule has 0 amide bonds. The molecule has 0 bridgehead atoms.